The van der Waals surface area contributed by atoms with Crippen molar-refractivity contribution in [3.05, 3.63) is 41.5 Å². The van der Waals surface area contributed by atoms with Crippen LogP contribution in [0.25, 0.3) is 6.08 Å². The molecule has 10 heteroatoms. The number of ether oxygens (including phenoxy) is 6. The third-order valence-electron chi connectivity index (χ3n) is 6.15. The van der Waals surface area contributed by atoms with Gasteiger partial charge in [-0.3, -0.25) is 9.59 Å². The third kappa shape index (κ3) is 7.66. The molecule has 1 aromatic rings. The molecule has 0 radical (unpaired) electrons. The van der Waals surface area contributed by atoms with Crippen molar-refractivity contribution in [3.63, 3.8) is 0 Å². The number of methoxy groups -OCH3 is 1. The van der Waals surface area contributed by atoms with Crippen LogP contribution in [0.4, 0.5) is 0 Å². The normalized spacial score (nSPS) is 26.8. The predicted molar refractivity (Wildman–Crippen MR) is 139 cm³/mol. The molecule has 208 valence electrons. The van der Waals surface area contributed by atoms with E-state index in [1.807, 2.05) is 6.92 Å². The van der Waals surface area contributed by atoms with E-state index in [4.69, 9.17) is 28.4 Å². The fraction of sp³-hybridized carbons (Fsp3) is 0.536. The zero-order valence-electron chi connectivity index (χ0n) is 22.8. The highest BCUT2D eigenvalue weighted by Crippen LogP contribution is 2.35. The molecule has 10 nitrogen and oxygen atoms in total. The lowest BCUT2D eigenvalue weighted by Crippen LogP contribution is -2.30. The van der Waals surface area contributed by atoms with E-state index >= 15 is 0 Å². The van der Waals surface area contributed by atoms with E-state index in [9.17, 15) is 14.4 Å². The molecule has 1 amide bonds. The third-order valence-corrected chi connectivity index (χ3v) is 6.15. The van der Waals surface area contributed by atoms with E-state index in [0.717, 1.165) is 0 Å². The summed E-state index contributed by atoms with van der Waals surface area (Å²) < 4.78 is 34.4. The van der Waals surface area contributed by atoms with E-state index in [-0.39, 0.29) is 48.9 Å². The quantitative estimate of drug-likeness (QED) is 0.321. The van der Waals surface area contributed by atoms with Crippen LogP contribution < -0.4 is 14.8 Å². The Kier molecular flexibility index (Phi) is 10.1. The molecule has 0 spiro atoms. The molecule has 0 bridgehead atoms. The molecule has 0 saturated carbocycles. The second-order valence-corrected chi connectivity index (χ2v) is 9.70. The van der Waals surface area contributed by atoms with Crippen molar-refractivity contribution in [1.29, 1.82) is 0 Å². The highest BCUT2D eigenvalue weighted by Gasteiger charge is 2.43. The molecule has 0 unspecified atom stereocenters. The zero-order chi connectivity index (χ0) is 27.9. The van der Waals surface area contributed by atoms with Crippen LogP contribution in [0.5, 0.6) is 11.5 Å². The molecule has 0 aliphatic carbocycles. The summed E-state index contributed by atoms with van der Waals surface area (Å²) in [4.78, 5) is 37.7. The molecule has 0 aromatic heterocycles. The largest absolute Gasteiger partial charge is 0.491 e. The summed E-state index contributed by atoms with van der Waals surface area (Å²) in [6, 6.07) is 3.29. The highest BCUT2D eigenvalue weighted by atomic mass is 16.8. The van der Waals surface area contributed by atoms with E-state index in [1.165, 1.54) is 20.1 Å². The summed E-state index contributed by atoms with van der Waals surface area (Å²) in [5, 5.41) is 2.68. The molecular formula is C28H37NO9. The van der Waals surface area contributed by atoms with Crippen LogP contribution in [0.1, 0.15) is 57.0 Å². The van der Waals surface area contributed by atoms with Gasteiger partial charge in [0.15, 0.2) is 18.4 Å². The number of ketones is 1. The van der Waals surface area contributed by atoms with Crippen molar-refractivity contribution in [2.45, 2.75) is 65.1 Å². The Morgan fingerprint density at radius 3 is 2.55 bits per heavy atom. The molecule has 2 aliphatic heterocycles. The number of hydrogen-bond acceptors (Lipinski definition) is 9. The Bertz CT molecular complexity index is 1080. The van der Waals surface area contributed by atoms with Crippen LogP contribution in [-0.2, 0) is 28.5 Å². The van der Waals surface area contributed by atoms with Crippen molar-refractivity contribution in [2.24, 2.45) is 5.92 Å². The molecule has 1 aromatic carbocycles. The first-order chi connectivity index (χ1) is 18.0. The number of esters is 1. The van der Waals surface area contributed by atoms with Crippen molar-refractivity contribution < 1.29 is 42.8 Å². The number of cyclic esters (lactones) is 1. The van der Waals surface area contributed by atoms with Gasteiger partial charge < -0.3 is 33.7 Å². The Labute approximate surface area is 223 Å². The van der Waals surface area contributed by atoms with Gasteiger partial charge in [-0.1, -0.05) is 25.2 Å². The van der Waals surface area contributed by atoms with Crippen LogP contribution in [0.15, 0.2) is 30.4 Å². The summed E-state index contributed by atoms with van der Waals surface area (Å²) in [5.41, 5.74) is 0.604. The number of benzene rings is 1. The van der Waals surface area contributed by atoms with Crippen molar-refractivity contribution in [2.75, 3.05) is 27.1 Å². The monoisotopic (exact) mass is 531 g/mol. The second-order valence-electron chi connectivity index (χ2n) is 9.70. The van der Waals surface area contributed by atoms with Crippen molar-refractivity contribution >= 4 is 23.7 Å². The molecule has 1 saturated heterocycles. The van der Waals surface area contributed by atoms with Crippen LogP contribution in [0.3, 0.4) is 0 Å². The van der Waals surface area contributed by atoms with Gasteiger partial charge in [0.1, 0.15) is 35.9 Å². The maximum Gasteiger partial charge on any atom is 0.342 e. The van der Waals surface area contributed by atoms with Crippen molar-refractivity contribution in [1.82, 2.24) is 5.32 Å². The van der Waals surface area contributed by atoms with Gasteiger partial charge in [0.05, 0.1) is 12.6 Å². The number of nitrogens with one attached hydrogen (secondary N) is 1. The predicted octanol–water partition coefficient (Wildman–Crippen LogP) is 3.43. The van der Waals surface area contributed by atoms with Gasteiger partial charge in [0, 0.05) is 25.5 Å². The van der Waals surface area contributed by atoms with Crippen LogP contribution in [0.2, 0.25) is 0 Å². The highest BCUT2D eigenvalue weighted by molar-refractivity contribution is 5.98. The molecule has 38 heavy (non-hydrogen) atoms. The van der Waals surface area contributed by atoms with Gasteiger partial charge in [-0.25, -0.2) is 4.79 Å². The number of fused-ring (bicyclic) bond motifs is 2. The minimum absolute atomic E-state index is 0.0764. The van der Waals surface area contributed by atoms with Gasteiger partial charge in [-0.15, -0.1) is 0 Å². The topological polar surface area (TPSA) is 119 Å². The minimum Gasteiger partial charge on any atom is -0.491 e. The summed E-state index contributed by atoms with van der Waals surface area (Å²) >= 11 is 0. The molecule has 4 atom stereocenters. The molecule has 1 fully saturated rings. The maximum absolute atomic E-state index is 13.5. The number of carbonyl (C=O) groups excluding carboxylic acids is 3. The van der Waals surface area contributed by atoms with Gasteiger partial charge in [0.25, 0.3) is 0 Å². The fourth-order valence-corrected chi connectivity index (χ4v) is 4.11. The van der Waals surface area contributed by atoms with Crippen molar-refractivity contribution in [3.8, 4) is 11.5 Å². The number of carbonyl (C=O) groups is 3. The smallest absolute Gasteiger partial charge is 0.342 e. The summed E-state index contributed by atoms with van der Waals surface area (Å²) in [5.74, 6) is -1.52. The average molecular weight is 532 g/mol. The van der Waals surface area contributed by atoms with E-state index < -0.39 is 30.1 Å². The summed E-state index contributed by atoms with van der Waals surface area (Å²) in [6.07, 6.45) is 5.17. The summed E-state index contributed by atoms with van der Waals surface area (Å²) in [6.45, 7) is 8.94. The molecule has 2 heterocycles. The Balaban J connectivity index is 2.06. The van der Waals surface area contributed by atoms with E-state index in [2.05, 4.69) is 5.32 Å². The fourth-order valence-electron chi connectivity index (χ4n) is 4.11. The number of rotatable bonds is 7. The van der Waals surface area contributed by atoms with E-state index in [1.54, 1.807) is 51.1 Å². The number of amides is 1. The molecule has 3 rings (SSSR count). The first-order valence-corrected chi connectivity index (χ1v) is 12.6. The zero-order valence-corrected chi connectivity index (χ0v) is 22.8. The van der Waals surface area contributed by atoms with Crippen LogP contribution in [-0.4, -0.2) is 68.8 Å². The lowest BCUT2D eigenvalue weighted by molar-refractivity contribution is -0.152. The van der Waals surface area contributed by atoms with Gasteiger partial charge in [0.2, 0.25) is 5.91 Å². The molecule has 2 aliphatic rings. The standard InChI is InChI=1S/C28H37NO9/c1-17-10-11-21(31)26-24(37-28(4,5)38-26)9-7-8-20-22(34-15-14-29-19(3)30)12-13-23(35-16-33-6)25(20)27(32)36-18(17)2/h7-8,10-13,17-18,24,26H,9,14-16H2,1-6H3,(H,29,30)/b8-7+,11-10-/t17-,18+,24+,26-/m1/s1. The SMILES string of the molecule is COCOc1ccc(OCCNC(C)=O)c2c1C(=O)O[C@@H](C)[C@H](C)/C=C\C(=O)[C@H]1OC(C)(C)O[C@H]1C/C=C/2. The Morgan fingerprint density at radius 1 is 1.11 bits per heavy atom. The van der Waals surface area contributed by atoms with Gasteiger partial charge in [-0.2, -0.15) is 0 Å². The first-order valence-electron chi connectivity index (χ1n) is 12.6. The molecular weight excluding hydrogens is 494 g/mol. The lowest BCUT2D eigenvalue weighted by Gasteiger charge is -2.22. The lowest BCUT2D eigenvalue weighted by atomic mass is 9.99. The minimum atomic E-state index is -0.921. The number of hydrogen-bond donors (Lipinski definition) is 1. The Hall–Kier alpha value is -3.21. The molecule has 1 N–H and O–H groups in total. The maximum atomic E-state index is 13.5. The first kappa shape index (κ1) is 29.3. The van der Waals surface area contributed by atoms with Crippen LogP contribution in [0, 0.1) is 5.92 Å². The van der Waals surface area contributed by atoms with Gasteiger partial charge >= 0.3 is 5.97 Å². The second kappa shape index (κ2) is 13.0. The Morgan fingerprint density at radius 2 is 1.84 bits per heavy atom. The summed E-state index contributed by atoms with van der Waals surface area (Å²) in [7, 11) is 1.48. The van der Waals surface area contributed by atoms with Gasteiger partial charge in [-0.05, 0) is 45.4 Å². The average Bonchev–Trinajstić information content (AvgIpc) is 3.17. The van der Waals surface area contributed by atoms with E-state index in [0.29, 0.717) is 17.7 Å². The van der Waals surface area contributed by atoms with Crippen LogP contribution >= 0.6 is 0 Å².